The molecule has 0 aliphatic rings. The standard InChI is InChI=1S/C19H25N7S.HI/c1-4-16-11-20-18(27-16)13-23-19(21-10-15-8-6-5-7-9-15)22-12-17-25-24-14(2)26(17)3;/h5-9,11H,4,10,12-13H2,1-3H3,(H2,21,22,23);1H. The van der Waals surface area contributed by atoms with E-state index in [9.17, 15) is 0 Å². The van der Waals surface area contributed by atoms with Crippen LogP contribution in [0.2, 0.25) is 0 Å². The summed E-state index contributed by atoms with van der Waals surface area (Å²) >= 11 is 1.73. The molecule has 0 saturated carbocycles. The Hall–Kier alpha value is -2.01. The van der Waals surface area contributed by atoms with Crippen molar-refractivity contribution in [3.63, 3.8) is 0 Å². The number of aliphatic imine (C=N–C) groups is 1. The van der Waals surface area contributed by atoms with Gasteiger partial charge in [-0.15, -0.1) is 45.5 Å². The van der Waals surface area contributed by atoms with Crippen LogP contribution in [0.5, 0.6) is 0 Å². The lowest BCUT2D eigenvalue weighted by molar-refractivity contribution is 0.713. The number of nitrogens with zero attached hydrogens (tertiary/aromatic N) is 5. The van der Waals surface area contributed by atoms with Gasteiger partial charge in [-0.25, -0.2) is 9.98 Å². The average molecular weight is 511 g/mol. The van der Waals surface area contributed by atoms with Crippen LogP contribution < -0.4 is 10.6 Å². The third-order valence-corrected chi connectivity index (χ3v) is 5.36. The van der Waals surface area contributed by atoms with Crippen molar-refractivity contribution < 1.29 is 0 Å². The first-order chi connectivity index (χ1) is 13.2. The zero-order chi connectivity index (χ0) is 19.1. The first kappa shape index (κ1) is 22.3. The molecule has 7 nitrogen and oxygen atoms in total. The van der Waals surface area contributed by atoms with Crippen molar-refractivity contribution in [1.82, 2.24) is 30.4 Å². The molecule has 2 aromatic heterocycles. The van der Waals surface area contributed by atoms with Gasteiger partial charge < -0.3 is 15.2 Å². The molecule has 0 saturated heterocycles. The van der Waals surface area contributed by atoms with E-state index in [2.05, 4.69) is 44.9 Å². The summed E-state index contributed by atoms with van der Waals surface area (Å²) in [5, 5.41) is 16.1. The van der Waals surface area contributed by atoms with Crippen LogP contribution in [0.25, 0.3) is 0 Å². The van der Waals surface area contributed by atoms with Gasteiger partial charge in [0.25, 0.3) is 0 Å². The van der Waals surface area contributed by atoms with Gasteiger partial charge in [-0.1, -0.05) is 37.3 Å². The predicted octanol–water partition coefficient (Wildman–Crippen LogP) is 3.20. The lowest BCUT2D eigenvalue weighted by Crippen LogP contribution is -2.37. The maximum absolute atomic E-state index is 4.70. The van der Waals surface area contributed by atoms with Crippen molar-refractivity contribution in [2.24, 2.45) is 12.0 Å². The summed E-state index contributed by atoms with van der Waals surface area (Å²) in [6.45, 7) is 5.88. The number of hydrogen-bond acceptors (Lipinski definition) is 5. The van der Waals surface area contributed by atoms with Crippen molar-refractivity contribution in [2.45, 2.75) is 39.9 Å². The summed E-state index contributed by atoms with van der Waals surface area (Å²) in [5.41, 5.74) is 1.16. The summed E-state index contributed by atoms with van der Waals surface area (Å²) in [6, 6.07) is 10.2. The molecule has 1 aromatic carbocycles. The van der Waals surface area contributed by atoms with E-state index in [1.807, 2.05) is 42.9 Å². The zero-order valence-electron chi connectivity index (χ0n) is 16.3. The molecular weight excluding hydrogens is 485 g/mol. The van der Waals surface area contributed by atoms with Gasteiger partial charge in [-0.3, -0.25) is 0 Å². The SMILES string of the molecule is CCc1cnc(CNC(=NCc2ccccc2)NCc2nnc(C)n2C)s1.I. The largest absolute Gasteiger partial charge is 0.350 e. The molecular formula is C19H26IN7S. The van der Waals surface area contributed by atoms with E-state index < -0.39 is 0 Å². The number of benzene rings is 1. The fraction of sp³-hybridized carbons (Fsp3) is 0.368. The highest BCUT2D eigenvalue weighted by Gasteiger charge is 2.07. The van der Waals surface area contributed by atoms with Gasteiger partial charge in [0.05, 0.1) is 19.6 Å². The van der Waals surface area contributed by atoms with Crippen molar-refractivity contribution in [2.75, 3.05) is 0 Å². The Morgan fingerprint density at radius 3 is 2.54 bits per heavy atom. The number of halogens is 1. The van der Waals surface area contributed by atoms with Crippen molar-refractivity contribution in [3.05, 3.63) is 63.6 Å². The Bertz CT molecular complexity index is 889. The number of guanidine groups is 1. The average Bonchev–Trinajstić information content (AvgIpc) is 3.29. The van der Waals surface area contributed by atoms with E-state index in [-0.39, 0.29) is 24.0 Å². The molecule has 0 aliphatic heterocycles. The molecule has 0 unspecified atom stereocenters. The molecule has 9 heteroatoms. The van der Waals surface area contributed by atoms with E-state index in [1.54, 1.807) is 11.3 Å². The maximum Gasteiger partial charge on any atom is 0.192 e. The number of nitrogens with one attached hydrogen (secondary N) is 2. The normalized spacial score (nSPS) is 11.2. The van der Waals surface area contributed by atoms with Gasteiger partial charge in [-0.2, -0.15) is 0 Å². The highest BCUT2D eigenvalue weighted by atomic mass is 127. The molecule has 0 radical (unpaired) electrons. The van der Waals surface area contributed by atoms with Gasteiger partial charge >= 0.3 is 0 Å². The second-order valence-corrected chi connectivity index (χ2v) is 7.35. The number of rotatable bonds is 7. The fourth-order valence-corrected chi connectivity index (χ4v) is 3.25. The van der Waals surface area contributed by atoms with Crippen LogP contribution in [-0.2, 0) is 33.1 Å². The lowest BCUT2D eigenvalue weighted by atomic mass is 10.2. The number of aromatic nitrogens is 4. The van der Waals surface area contributed by atoms with Gasteiger partial charge in [0, 0.05) is 18.1 Å². The Balaban J connectivity index is 0.00000280. The summed E-state index contributed by atoms with van der Waals surface area (Å²) in [4.78, 5) is 10.5. The van der Waals surface area contributed by atoms with Gasteiger partial charge in [-0.05, 0) is 18.9 Å². The van der Waals surface area contributed by atoms with E-state index in [0.29, 0.717) is 19.6 Å². The van der Waals surface area contributed by atoms with E-state index in [1.165, 1.54) is 4.88 Å². The first-order valence-corrected chi connectivity index (χ1v) is 9.82. The number of aryl methyl sites for hydroxylation is 2. The molecule has 0 aliphatic carbocycles. The third-order valence-electron chi connectivity index (χ3n) is 4.22. The van der Waals surface area contributed by atoms with Crippen molar-refractivity contribution >= 4 is 41.3 Å². The van der Waals surface area contributed by atoms with Crippen LogP contribution in [0, 0.1) is 6.92 Å². The Morgan fingerprint density at radius 1 is 1.14 bits per heavy atom. The van der Waals surface area contributed by atoms with E-state index >= 15 is 0 Å². The molecule has 3 rings (SSSR count). The number of thiazole rings is 1. The molecule has 0 bridgehead atoms. The minimum absolute atomic E-state index is 0. The molecule has 150 valence electrons. The molecule has 0 atom stereocenters. The smallest absolute Gasteiger partial charge is 0.192 e. The summed E-state index contributed by atoms with van der Waals surface area (Å²) in [6.07, 6.45) is 2.95. The molecule has 28 heavy (non-hydrogen) atoms. The van der Waals surface area contributed by atoms with E-state index in [4.69, 9.17) is 4.99 Å². The quantitative estimate of drug-likeness (QED) is 0.290. The molecule has 2 N–H and O–H groups in total. The molecule has 2 heterocycles. The monoisotopic (exact) mass is 511 g/mol. The van der Waals surface area contributed by atoms with E-state index in [0.717, 1.165) is 34.6 Å². The second kappa shape index (κ2) is 11.1. The van der Waals surface area contributed by atoms with Crippen molar-refractivity contribution in [1.29, 1.82) is 0 Å². The third kappa shape index (κ3) is 6.26. The maximum atomic E-state index is 4.70. The van der Waals surface area contributed by atoms with Crippen LogP contribution >= 0.6 is 35.3 Å². The lowest BCUT2D eigenvalue weighted by Gasteiger charge is -2.12. The molecule has 0 fully saturated rings. The van der Waals surface area contributed by atoms with Crippen LogP contribution in [0.1, 0.15) is 34.0 Å². The highest BCUT2D eigenvalue weighted by Crippen LogP contribution is 2.12. The Labute approximate surface area is 186 Å². The summed E-state index contributed by atoms with van der Waals surface area (Å²) in [5.74, 6) is 2.48. The topological polar surface area (TPSA) is 80.0 Å². The molecule has 3 aromatic rings. The summed E-state index contributed by atoms with van der Waals surface area (Å²) in [7, 11) is 1.96. The van der Waals surface area contributed by atoms with Gasteiger partial charge in [0.1, 0.15) is 10.8 Å². The summed E-state index contributed by atoms with van der Waals surface area (Å²) < 4.78 is 1.97. The Kier molecular flexibility index (Phi) is 8.84. The minimum Gasteiger partial charge on any atom is -0.350 e. The molecule has 0 spiro atoms. The van der Waals surface area contributed by atoms with Crippen molar-refractivity contribution in [3.8, 4) is 0 Å². The van der Waals surface area contributed by atoms with Crippen LogP contribution in [0.15, 0.2) is 41.5 Å². The Morgan fingerprint density at radius 2 is 1.89 bits per heavy atom. The van der Waals surface area contributed by atoms with Crippen LogP contribution in [0.4, 0.5) is 0 Å². The van der Waals surface area contributed by atoms with Gasteiger partial charge in [0.15, 0.2) is 11.8 Å². The zero-order valence-corrected chi connectivity index (χ0v) is 19.5. The van der Waals surface area contributed by atoms with Gasteiger partial charge in [0.2, 0.25) is 0 Å². The molecule has 0 amide bonds. The number of hydrogen-bond donors (Lipinski definition) is 2. The second-order valence-electron chi connectivity index (χ2n) is 6.15. The highest BCUT2D eigenvalue weighted by molar-refractivity contribution is 14.0. The van der Waals surface area contributed by atoms with Crippen LogP contribution in [-0.4, -0.2) is 25.7 Å². The fourth-order valence-electron chi connectivity index (χ4n) is 2.45. The minimum atomic E-state index is 0. The predicted molar refractivity (Wildman–Crippen MR) is 124 cm³/mol. The van der Waals surface area contributed by atoms with Crippen LogP contribution in [0.3, 0.4) is 0 Å². The first-order valence-electron chi connectivity index (χ1n) is 9.00.